The van der Waals surface area contributed by atoms with Gasteiger partial charge in [-0.05, 0) is 30.7 Å². The number of benzene rings is 2. The predicted octanol–water partition coefficient (Wildman–Crippen LogP) is 2.82. The summed E-state index contributed by atoms with van der Waals surface area (Å²) in [6.07, 6.45) is 0. The molecule has 5 nitrogen and oxygen atoms in total. The Hall–Kier alpha value is -2.82. The van der Waals surface area contributed by atoms with Gasteiger partial charge in [0.25, 0.3) is 5.91 Å². The summed E-state index contributed by atoms with van der Waals surface area (Å²) in [6.45, 7) is 3.84. The van der Waals surface area contributed by atoms with Crippen LogP contribution in [0.5, 0.6) is 5.75 Å². The van der Waals surface area contributed by atoms with Crippen molar-refractivity contribution in [2.24, 2.45) is 0 Å². The fourth-order valence-electron chi connectivity index (χ4n) is 2.38. The number of carbonyl (C=O) groups excluding carboxylic acids is 2. The van der Waals surface area contributed by atoms with E-state index in [2.05, 4.69) is 10.6 Å². The molecule has 5 heteroatoms. The summed E-state index contributed by atoms with van der Waals surface area (Å²) in [4.78, 5) is 23.3. The Balaban J connectivity index is 2.02. The molecule has 0 saturated carbocycles. The lowest BCUT2D eigenvalue weighted by atomic mass is 10.1. The molecule has 0 aliphatic heterocycles. The maximum atomic E-state index is 12.4. The molecule has 24 heavy (non-hydrogen) atoms. The first-order chi connectivity index (χ1) is 11.5. The topological polar surface area (TPSA) is 67.4 Å². The summed E-state index contributed by atoms with van der Waals surface area (Å²) in [5.41, 5.74) is 2.44. The highest BCUT2D eigenvalue weighted by Crippen LogP contribution is 2.24. The molecule has 2 N–H and O–H groups in total. The highest BCUT2D eigenvalue weighted by atomic mass is 16.5. The minimum Gasteiger partial charge on any atom is -0.496 e. The number of ether oxygens (including phenoxy) is 1. The van der Waals surface area contributed by atoms with Crippen molar-refractivity contribution >= 4 is 11.8 Å². The molecule has 2 aromatic carbocycles. The highest BCUT2D eigenvalue weighted by Gasteiger charge is 2.14. The van der Waals surface area contributed by atoms with Crippen molar-refractivity contribution in [3.05, 3.63) is 65.2 Å². The van der Waals surface area contributed by atoms with E-state index in [1.165, 1.54) is 6.92 Å². The van der Waals surface area contributed by atoms with E-state index in [1.54, 1.807) is 19.2 Å². The molecule has 2 rings (SSSR count). The average Bonchev–Trinajstić information content (AvgIpc) is 2.60. The van der Waals surface area contributed by atoms with E-state index in [4.69, 9.17) is 4.74 Å². The summed E-state index contributed by atoms with van der Waals surface area (Å²) < 4.78 is 5.33. The molecule has 0 radical (unpaired) electrons. The summed E-state index contributed by atoms with van der Waals surface area (Å²) in [6, 6.07) is 14.6. The molecule has 2 aromatic rings. The van der Waals surface area contributed by atoms with Gasteiger partial charge in [-0.1, -0.05) is 30.3 Å². The van der Waals surface area contributed by atoms with Crippen LogP contribution in [0, 0.1) is 0 Å². The second-order valence-electron chi connectivity index (χ2n) is 5.54. The van der Waals surface area contributed by atoms with Gasteiger partial charge >= 0.3 is 0 Å². The number of amides is 2. The van der Waals surface area contributed by atoms with E-state index in [1.807, 2.05) is 43.3 Å². The summed E-state index contributed by atoms with van der Waals surface area (Å²) in [7, 11) is 1.61. The number of hydrogen-bond acceptors (Lipinski definition) is 3. The van der Waals surface area contributed by atoms with Crippen molar-refractivity contribution in [1.82, 2.24) is 10.6 Å². The molecule has 126 valence electrons. The van der Waals surface area contributed by atoms with Crippen LogP contribution in [0.3, 0.4) is 0 Å². The van der Waals surface area contributed by atoms with Gasteiger partial charge in [-0.25, -0.2) is 0 Å². The van der Waals surface area contributed by atoms with Gasteiger partial charge < -0.3 is 15.4 Å². The van der Waals surface area contributed by atoms with E-state index in [9.17, 15) is 9.59 Å². The molecular formula is C19H22N2O3. The lowest BCUT2D eigenvalue weighted by Crippen LogP contribution is -2.27. The minimum atomic E-state index is -0.173. The third-order valence-electron chi connectivity index (χ3n) is 3.71. The maximum Gasteiger partial charge on any atom is 0.251 e. The Morgan fingerprint density at radius 3 is 2.38 bits per heavy atom. The number of methoxy groups -OCH3 is 1. The van der Waals surface area contributed by atoms with Crippen LogP contribution in [0.1, 0.15) is 41.4 Å². The molecule has 0 fully saturated rings. The van der Waals surface area contributed by atoms with E-state index >= 15 is 0 Å². The van der Waals surface area contributed by atoms with Gasteiger partial charge in [0.05, 0.1) is 13.2 Å². The van der Waals surface area contributed by atoms with Crippen LogP contribution in [0.4, 0.5) is 0 Å². The smallest absolute Gasteiger partial charge is 0.251 e. The second kappa shape index (κ2) is 8.15. The van der Waals surface area contributed by atoms with E-state index < -0.39 is 0 Å². The zero-order valence-electron chi connectivity index (χ0n) is 14.1. The van der Waals surface area contributed by atoms with Crippen molar-refractivity contribution in [2.75, 3.05) is 7.11 Å². The third-order valence-corrected chi connectivity index (χ3v) is 3.71. The number of para-hydroxylation sites is 1. The van der Waals surface area contributed by atoms with Gasteiger partial charge in [0.1, 0.15) is 5.75 Å². The van der Waals surface area contributed by atoms with E-state index in [0.29, 0.717) is 12.1 Å². The number of carbonyl (C=O) groups is 2. The van der Waals surface area contributed by atoms with Crippen molar-refractivity contribution in [3.63, 3.8) is 0 Å². The molecule has 2 amide bonds. The molecule has 0 spiro atoms. The SMILES string of the molecule is COc1ccccc1C(C)NC(=O)c1ccc(CNC(C)=O)cc1. The van der Waals surface area contributed by atoms with Crippen LogP contribution in [0.2, 0.25) is 0 Å². The maximum absolute atomic E-state index is 12.4. The van der Waals surface area contributed by atoms with E-state index in [-0.39, 0.29) is 17.9 Å². The van der Waals surface area contributed by atoms with Gasteiger partial charge in [-0.3, -0.25) is 9.59 Å². The van der Waals surface area contributed by atoms with Crippen LogP contribution < -0.4 is 15.4 Å². The summed E-state index contributed by atoms with van der Waals surface area (Å²) in [5.74, 6) is 0.512. The summed E-state index contributed by atoms with van der Waals surface area (Å²) in [5, 5.41) is 5.69. The summed E-state index contributed by atoms with van der Waals surface area (Å²) >= 11 is 0. The molecule has 0 aromatic heterocycles. The lowest BCUT2D eigenvalue weighted by molar-refractivity contribution is -0.119. The van der Waals surface area contributed by atoms with Crippen LogP contribution in [0.15, 0.2) is 48.5 Å². The van der Waals surface area contributed by atoms with Gasteiger partial charge in [0, 0.05) is 24.6 Å². The Morgan fingerprint density at radius 1 is 1.08 bits per heavy atom. The van der Waals surface area contributed by atoms with Crippen molar-refractivity contribution in [1.29, 1.82) is 0 Å². The van der Waals surface area contributed by atoms with Crippen molar-refractivity contribution in [2.45, 2.75) is 26.4 Å². The van der Waals surface area contributed by atoms with Crippen LogP contribution >= 0.6 is 0 Å². The molecular weight excluding hydrogens is 304 g/mol. The van der Waals surface area contributed by atoms with Crippen LogP contribution in [-0.4, -0.2) is 18.9 Å². The molecule has 0 bridgehead atoms. The van der Waals surface area contributed by atoms with E-state index in [0.717, 1.165) is 16.9 Å². The van der Waals surface area contributed by atoms with Crippen LogP contribution in [-0.2, 0) is 11.3 Å². The zero-order chi connectivity index (χ0) is 17.5. The second-order valence-corrected chi connectivity index (χ2v) is 5.54. The largest absolute Gasteiger partial charge is 0.496 e. The number of rotatable bonds is 6. The Kier molecular flexibility index (Phi) is 5.95. The predicted molar refractivity (Wildman–Crippen MR) is 92.8 cm³/mol. The Morgan fingerprint density at radius 2 is 1.75 bits per heavy atom. The van der Waals surface area contributed by atoms with Gasteiger partial charge in [0.15, 0.2) is 0 Å². The first-order valence-electron chi connectivity index (χ1n) is 7.78. The standard InChI is InChI=1S/C19H22N2O3/c1-13(17-6-4-5-7-18(17)24-3)21-19(23)16-10-8-15(9-11-16)12-20-14(2)22/h4-11,13H,12H2,1-3H3,(H,20,22)(H,21,23). The number of hydrogen-bond donors (Lipinski definition) is 2. The molecule has 0 aliphatic carbocycles. The Labute approximate surface area is 142 Å². The highest BCUT2D eigenvalue weighted by molar-refractivity contribution is 5.94. The molecule has 0 aliphatic rings. The van der Waals surface area contributed by atoms with Crippen molar-refractivity contribution in [3.8, 4) is 5.75 Å². The molecule has 0 heterocycles. The van der Waals surface area contributed by atoms with Gasteiger partial charge in [0.2, 0.25) is 5.91 Å². The first kappa shape index (κ1) is 17.5. The third kappa shape index (κ3) is 4.59. The van der Waals surface area contributed by atoms with Gasteiger partial charge in [-0.15, -0.1) is 0 Å². The van der Waals surface area contributed by atoms with Gasteiger partial charge in [-0.2, -0.15) is 0 Å². The minimum absolute atomic E-state index is 0.0811. The zero-order valence-corrected chi connectivity index (χ0v) is 14.1. The molecule has 1 unspecified atom stereocenters. The van der Waals surface area contributed by atoms with Crippen LogP contribution in [0.25, 0.3) is 0 Å². The fourth-order valence-corrected chi connectivity index (χ4v) is 2.38. The monoisotopic (exact) mass is 326 g/mol. The quantitative estimate of drug-likeness (QED) is 0.858. The lowest BCUT2D eigenvalue weighted by Gasteiger charge is -2.17. The molecule has 1 atom stereocenters. The number of nitrogens with one attached hydrogen (secondary N) is 2. The fraction of sp³-hybridized carbons (Fsp3) is 0.263. The van der Waals surface area contributed by atoms with Crippen molar-refractivity contribution < 1.29 is 14.3 Å². The Bertz CT molecular complexity index is 711. The average molecular weight is 326 g/mol. The molecule has 0 saturated heterocycles. The normalized spacial score (nSPS) is 11.5. The first-order valence-corrected chi connectivity index (χ1v) is 7.78.